The molecule has 0 fully saturated rings. The van der Waals surface area contributed by atoms with Gasteiger partial charge in [0.05, 0.1) is 0 Å². The quantitative estimate of drug-likeness (QED) is 0.840. The highest BCUT2D eigenvalue weighted by molar-refractivity contribution is 5.59. The van der Waals surface area contributed by atoms with Crippen molar-refractivity contribution >= 4 is 6.16 Å². The lowest BCUT2D eigenvalue weighted by molar-refractivity contribution is 0.000628. The average molecular weight is 256 g/mol. The maximum absolute atomic E-state index is 11.1. The molecule has 3 nitrogen and oxygen atoms in total. The predicted molar refractivity (Wildman–Crippen MR) is 73.1 cm³/mol. The van der Waals surface area contributed by atoms with Gasteiger partial charge in [-0.1, -0.05) is 67.6 Å². The van der Waals surface area contributed by atoms with Gasteiger partial charge in [0.15, 0.2) is 5.60 Å². The summed E-state index contributed by atoms with van der Waals surface area (Å²) in [5.41, 5.74) is 0.728. The van der Waals surface area contributed by atoms with Crippen LogP contribution in [0.4, 0.5) is 4.79 Å². The molecule has 2 rings (SSSR count). The molecule has 2 aromatic rings. The summed E-state index contributed by atoms with van der Waals surface area (Å²) in [5.74, 6) is 0. The molecule has 3 heteroatoms. The van der Waals surface area contributed by atoms with Crippen LogP contribution in [0.3, 0.4) is 0 Å². The van der Waals surface area contributed by atoms with Crippen LogP contribution in [-0.2, 0) is 10.3 Å². The second-order valence-electron chi connectivity index (χ2n) is 4.28. The van der Waals surface area contributed by atoms with E-state index in [0.717, 1.165) is 11.1 Å². The number of rotatable bonds is 4. The van der Waals surface area contributed by atoms with Crippen molar-refractivity contribution in [3.63, 3.8) is 0 Å². The van der Waals surface area contributed by atoms with E-state index in [2.05, 4.69) is 0 Å². The van der Waals surface area contributed by atoms with Crippen molar-refractivity contribution in [3.05, 3.63) is 71.8 Å². The van der Waals surface area contributed by atoms with E-state index in [1.165, 1.54) is 0 Å². The number of carbonyl (C=O) groups is 1. The number of benzene rings is 2. The summed E-state index contributed by atoms with van der Waals surface area (Å²) in [7, 11) is 0. The minimum Gasteiger partial charge on any atom is -0.450 e. The lowest BCUT2D eigenvalue weighted by Crippen LogP contribution is -2.32. The monoisotopic (exact) mass is 256 g/mol. The second-order valence-corrected chi connectivity index (χ2v) is 4.28. The molecule has 0 aliphatic heterocycles. The fourth-order valence-corrected chi connectivity index (χ4v) is 2.33. The van der Waals surface area contributed by atoms with Gasteiger partial charge in [-0.3, -0.25) is 0 Å². The second kappa shape index (κ2) is 5.57. The van der Waals surface area contributed by atoms with Crippen molar-refractivity contribution in [1.82, 2.24) is 0 Å². The first-order chi connectivity index (χ1) is 9.19. The van der Waals surface area contributed by atoms with Crippen molar-refractivity contribution in [2.24, 2.45) is 0 Å². The zero-order valence-corrected chi connectivity index (χ0v) is 10.7. The van der Waals surface area contributed by atoms with Gasteiger partial charge >= 0.3 is 6.16 Å². The average Bonchev–Trinajstić information content (AvgIpc) is 2.46. The summed E-state index contributed by atoms with van der Waals surface area (Å²) < 4.78 is 5.28. The van der Waals surface area contributed by atoms with E-state index >= 15 is 0 Å². The van der Waals surface area contributed by atoms with Gasteiger partial charge in [-0.05, 0) is 6.42 Å². The van der Waals surface area contributed by atoms with Gasteiger partial charge in [0.1, 0.15) is 0 Å². The number of carboxylic acid groups (broad SMARTS) is 1. The van der Waals surface area contributed by atoms with Crippen LogP contribution in [0.25, 0.3) is 0 Å². The Balaban J connectivity index is 2.58. The van der Waals surface area contributed by atoms with Crippen molar-refractivity contribution in [3.8, 4) is 0 Å². The molecule has 1 N–H and O–H groups in total. The zero-order chi connectivity index (χ0) is 13.7. The number of ether oxygens (including phenoxy) is 1. The number of hydrogen-bond acceptors (Lipinski definition) is 2. The third-order valence-electron chi connectivity index (χ3n) is 3.24. The van der Waals surface area contributed by atoms with Crippen molar-refractivity contribution in [2.45, 2.75) is 18.9 Å². The molecule has 0 aliphatic carbocycles. The molecule has 0 radical (unpaired) electrons. The Hall–Kier alpha value is -2.29. The molecule has 0 saturated heterocycles. The molecule has 0 amide bonds. The smallest absolute Gasteiger partial charge is 0.450 e. The standard InChI is InChI=1S/C16H16O3/c1-2-16(19-15(17)18,13-9-5-3-6-10-13)14-11-7-4-8-12-14/h3-12H,2H2,1H3,(H,17,18). The van der Waals surface area contributed by atoms with Crippen LogP contribution < -0.4 is 0 Å². The molecule has 0 aromatic heterocycles. The van der Waals surface area contributed by atoms with Crippen molar-refractivity contribution in [2.75, 3.05) is 0 Å². The van der Waals surface area contributed by atoms with E-state index in [1.54, 1.807) is 0 Å². The fourth-order valence-electron chi connectivity index (χ4n) is 2.33. The molecular weight excluding hydrogens is 240 g/mol. The van der Waals surface area contributed by atoms with Crippen LogP contribution in [0, 0.1) is 0 Å². The van der Waals surface area contributed by atoms with Gasteiger partial charge < -0.3 is 9.84 Å². The van der Waals surface area contributed by atoms with Crippen LogP contribution in [-0.4, -0.2) is 11.3 Å². The Labute approximate surface area is 112 Å². The van der Waals surface area contributed by atoms with Crippen molar-refractivity contribution < 1.29 is 14.6 Å². The Morgan fingerprint density at radius 1 is 1.00 bits per heavy atom. The summed E-state index contributed by atoms with van der Waals surface area (Å²) in [6, 6.07) is 18.9. The molecule has 0 atom stereocenters. The molecule has 0 aliphatic rings. The zero-order valence-electron chi connectivity index (χ0n) is 10.7. The van der Waals surface area contributed by atoms with E-state index in [1.807, 2.05) is 67.6 Å². The van der Waals surface area contributed by atoms with Gasteiger partial charge in [0.25, 0.3) is 0 Å². The van der Waals surface area contributed by atoms with Gasteiger partial charge in [-0.15, -0.1) is 0 Å². The van der Waals surface area contributed by atoms with Gasteiger partial charge in [-0.25, -0.2) is 4.79 Å². The molecule has 0 heterocycles. The molecule has 0 saturated carbocycles. The normalized spacial score (nSPS) is 11.0. The molecule has 98 valence electrons. The molecule has 0 unspecified atom stereocenters. The first kappa shape index (κ1) is 13.1. The third kappa shape index (κ3) is 2.60. The summed E-state index contributed by atoms with van der Waals surface area (Å²) in [6.07, 6.45) is -0.734. The first-order valence-electron chi connectivity index (χ1n) is 6.22. The summed E-state index contributed by atoms with van der Waals surface area (Å²) >= 11 is 0. The summed E-state index contributed by atoms with van der Waals surface area (Å²) in [4.78, 5) is 11.1. The lowest BCUT2D eigenvalue weighted by Gasteiger charge is -2.32. The SMILES string of the molecule is CCC(OC(=O)O)(c1ccccc1)c1ccccc1. The Kier molecular flexibility index (Phi) is 3.85. The minimum atomic E-state index is -1.27. The molecule has 19 heavy (non-hydrogen) atoms. The van der Waals surface area contributed by atoms with E-state index in [4.69, 9.17) is 9.84 Å². The Morgan fingerprint density at radius 3 is 1.74 bits per heavy atom. The van der Waals surface area contributed by atoms with Gasteiger partial charge in [0, 0.05) is 11.1 Å². The maximum atomic E-state index is 11.1. The number of hydrogen-bond donors (Lipinski definition) is 1. The van der Waals surface area contributed by atoms with Gasteiger partial charge in [-0.2, -0.15) is 0 Å². The largest absolute Gasteiger partial charge is 0.507 e. The van der Waals surface area contributed by atoms with Crippen LogP contribution in [0.2, 0.25) is 0 Å². The molecule has 0 spiro atoms. The highest BCUT2D eigenvalue weighted by Gasteiger charge is 2.36. The topological polar surface area (TPSA) is 46.5 Å². The Morgan fingerprint density at radius 2 is 1.42 bits per heavy atom. The maximum Gasteiger partial charge on any atom is 0.507 e. The van der Waals surface area contributed by atoms with E-state index in [-0.39, 0.29) is 0 Å². The molecule has 0 bridgehead atoms. The highest BCUT2D eigenvalue weighted by atomic mass is 16.7. The first-order valence-corrected chi connectivity index (χ1v) is 6.22. The predicted octanol–water partition coefficient (Wildman–Crippen LogP) is 4.03. The summed E-state index contributed by atoms with van der Waals surface area (Å²) in [6.45, 7) is 1.92. The highest BCUT2D eigenvalue weighted by Crippen LogP contribution is 2.36. The van der Waals surface area contributed by atoms with Crippen LogP contribution >= 0.6 is 0 Å². The molecular formula is C16H16O3. The summed E-state index contributed by atoms with van der Waals surface area (Å²) in [5, 5.41) is 9.08. The van der Waals surface area contributed by atoms with Gasteiger partial charge in [0.2, 0.25) is 0 Å². The lowest BCUT2D eigenvalue weighted by atomic mass is 9.84. The van der Waals surface area contributed by atoms with E-state index in [9.17, 15) is 4.79 Å². The van der Waals surface area contributed by atoms with Crippen LogP contribution in [0.15, 0.2) is 60.7 Å². The third-order valence-corrected chi connectivity index (χ3v) is 3.24. The molecule has 2 aromatic carbocycles. The Bertz CT molecular complexity index is 495. The minimum absolute atomic E-state index is 0.535. The van der Waals surface area contributed by atoms with Crippen LogP contribution in [0.1, 0.15) is 24.5 Å². The van der Waals surface area contributed by atoms with Crippen molar-refractivity contribution in [1.29, 1.82) is 0 Å². The fraction of sp³-hybridized carbons (Fsp3) is 0.188. The van der Waals surface area contributed by atoms with Crippen LogP contribution in [0.5, 0.6) is 0 Å². The van der Waals surface area contributed by atoms with E-state index in [0.29, 0.717) is 6.42 Å². The van der Waals surface area contributed by atoms with E-state index < -0.39 is 11.8 Å².